The Balaban J connectivity index is 2.44. The van der Waals surface area contributed by atoms with Gasteiger partial charge in [0.2, 0.25) is 0 Å². The number of rotatable bonds is 1. The predicted molar refractivity (Wildman–Crippen MR) is 54.5 cm³/mol. The lowest BCUT2D eigenvalue weighted by atomic mass is 9.95. The van der Waals surface area contributed by atoms with Crippen molar-refractivity contribution in [2.45, 2.75) is 26.2 Å². The van der Waals surface area contributed by atoms with Crippen molar-refractivity contribution < 1.29 is 9.53 Å². The molecule has 1 aromatic rings. The van der Waals surface area contributed by atoms with Crippen molar-refractivity contribution in [3.8, 4) is 0 Å². The van der Waals surface area contributed by atoms with Crippen LogP contribution in [0.2, 0.25) is 0 Å². The first kappa shape index (κ1) is 9.25. The molecule has 1 aromatic carbocycles. The maximum Gasteiger partial charge on any atom is 0.338 e. The van der Waals surface area contributed by atoms with Gasteiger partial charge in [-0.2, -0.15) is 0 Å². The number of carbonyl (C=O) groups is 1. The molecular weight excluding hydrogens is 176 g/mol. The normalized spacial score (nSPS) is 15.2. The van der Waals surface area contributed by atoms with Crippen molar-refractivity contribution in [3.63, 3.8) is 0 Å². The molecule has 74 valence electrons. The smallest absolute Gasteiger partial charge is 0.338 e. The van der Waals surface area contributed by atoms with Crippen LogP contribution < -0.4 is 0 Å². The molecule has 0 unspecified atom stereocenters. The minimum Gasteiger partial charge on any atom is -0.462 e. The fraction of sp³-hybridized carbons (Fsp3) is 0.417. The Labute approximate surface area is 83.9 Å². The largest absolute Gasteiger partial charge is 0.462 e. The molecule has 2 rings (SSSR count). The summed E-state index contributed by atoms with van der Waals surface area (Å²) < 4.78 is 4.97. The van der Waals surface area contributed by atoms with E-state index < -0.39 is 0 Å². The Morgan fingerprint density at radius 1 is 1.36 bits per heavy atom. The van der Waals surface area contributed by atoms with Crippen molar-refractivity contribution in [1.82, 2.24) is 0 Å². The minimum absolute atomic E-state index is 0.179. The van der Waals surface area contributed by atoms with E-state index in [9.17, 15) is 4.79 Å². The van der Waals surface area contributed by atoms with Gasteiger partial charge in [0.15, 0.2) is 0 Å². The Bertz CT molecular complexity index is 367. The quantitative estimate of drug-likeness (QED) is 0.636. The molecule has 1 aliphatic rings. The standard InChI is InChI=1S/C12H14O2/c1-8(2)9-3-4-11-10(7-9)5-6-14-12(11)13/h3-4,7-8H,5-6H2,1-2H3. The van der Waals surface area contributed by atoms with E-state index in [-0.39, 0.29) is 5.97 Å². The molecule has 14 heavy (non-hydrogen) atoms. The Morgan fingerprint density at radius 3 is 2.86 bits per heavy atom. The van der Waals surface area contributed by atoms with E-state index >= 15 is 0 Å². The summed E-state index contributed by atoms with van der Waals surface area (Å²) in [5, 5.41) is 0. The molecule has 1 aliphatic heterocycles. The average Bonchev–Trinajstić information content (AvgIpc) is 2.17. The lowest BCUT2D eigenvalue weighted by molar-refractivity contribution is 0.0480. The molecule has 0 amide bonds. The van der Waals surface area contributed by atoms with E-state index in [4.69, 9.17) is 4.74 Å². The van der Waals surface area contributed by atoms with Gasteiger partial charge in [-0.25, -0.2) is 4.79 Å². The number of benzene rings is 1. The first-order valence-corrected chi connectivity index (χ1v) is 4.98. The molecule has 0 aromatic heterocycles. The summed E-state index contributed by atoms with van der Waals surface area (Å²) in [4.78, 5) is 11.3. The monoisotopic (exact) mass is 190 g/mol. The van der Waals surface area contributed by atoms with Crippen molar-refractivity contribution in [2.24, 2.45) is 0 Å². The molecular formula is C12H14O2. The second-order valence-electron chi connectivity index (χ2n) is 3.96. The first-order chi connectivity index (χ1) is 6.68. The van der Waals surface area contributed by atoms with Gasteiger partial charge >= 0.3 is 5.97 Å². The number of cyclic esters (lactones) is 1. The van der Waals surface area contributed by atoms with E-state index in [0.717, 1.165) is 17.5 Å². The highest BCUT2D eigenvalue weighted by Gasteiger charge is 2.18. The summed E-state index contributed by atoms with van der Waals surface area (Å²) in [7, 11) is 0. The van der Waals surface area contributed by atoms with Crippen LogP contribution in [-0.4, -0.2) is 12.6 Å². The number of carbonyl (C=O) groups excluding carboxylic acids is 1. The van der Waals surface area contributed by atoms with Gasteiger partial charge in [-0.3, -0.25) is 0 Å². The molecule has 2 nitrogen and oxygen atoms in total. The Morgan fingerprint density at radius 2 is 2.14 bits per heavy atom. The third kappa shape index (κ3) is 1.52. The van der Waals surface area contributed by atoms with Crippen LogP contribution in [0.1, 0.15) is 41.3 Å². The van der Waals surface area contributed by atoms with Gasteiger partial charge in [0, 0.05) is 6.42 Å². The summed E-state index contributed by atoms with van der Waals surface area (Å²) in [5.41, 5.74) is 3.16. The molecule has 0 spiro atoms. The van der Waals surface area contributed by atoms with E-state index in [0.29, 0.717) is 12.5 Å². The van der Waals surface area contributed by atoms with Crippen LogP contribution in [-0.2, 0) is 11.2 Å². The summed E-state index contributed by atoms with van der Waals surface area (Å²) in [6, 6.07) is 6.02. The van der Waals surface area contributed by atoms with Gasteiger partial charge in [0.05, 0.1) is 12.2 Å². The molecule has 0 radical (unpaired) electrons. The second kappa shape index (κ2) is 3.45. The number of esters is 1. The second-order valence-corrected chi connectivity index (χ2v) is 3.96. The molecule has 0 atom stereocenters. The van der Waals surface area contributed by atoms with Crippen LogP contribution in [0.5, 0.6) is 0 Å². The third-order valence-corrected chi connectivity index (χ3v) is 2.62. The highest BCUT2D eigenvalue weighted by Crippen LogP contribution is 2.22. The van der Waals surface area contributed by atoms with Gasteiger partial charge in [-0.05, 0) is 23.1 Å². The zero-order valence-electron chi connectivity index (χ0n) is 8.54. The maximum absolute atomic E-state index is 11.3. The highest BCUT2D eigenvalue weighted by molar-refractivity contribution is 5.92. The van der Waals surface area contributed by atoms with Crippen LogP contribution in [0, 0.1) is 0 Å². The molecule has 0 N–H and O–H groups in total. The van der Waals surface area contributed by atoms with Gasteiger partial charge < -0.3 is 4.74 Å². The minimum atomic E-state index is -0.179. The van der Waals surface area contributed by atoms with E-state index in [1.807, 2.05) is 12.1 Å². The fourth-order valence-electron chi connectivity index (χ4n) is 1.71. The summed E-state index contributed by atoms with van der Waals surface area (Å²) >= 11 is 0. The first-order valence-electron chi connectivity index (χ1n) is 4.98. The zero-order chi connectivity index (χ0) is 10.1. The van der Waals surface area contributed by atoms with E-state index in [2.05, 4.69) is 19.9 Å². The van der Waals surface area contributed by atoms with E-state index in [1.54, 1.807) is 0 Å². The summed E-state index contributed by atoms with van der Waals surface area (Å²) in [5.74, 6) is 0.333. The van der Waals surface area contributed by atoms with Crippen LogP contribution in [0.25, 0.3) is 0 Å². The Kier molecular flexibility index (Phi) is 2.28. The van der Waals surface area contributed by atoms with Crippen LogP contribution in [0.3, 0.4) is 0 Å². The lowest BCUT2D eigenvalue weighted by Gasteiger charge is -2.17. The Hall–Kier alpha value is -1.31. The third-order valence-electron chi connectivity index (χ3n) is 2.62. The summed E-state index contributed by atoms with van der Waals surface area (Å²) in [6.07, 6.45) is 0.849. The molecule has 1 heterocycles. The van der Waals surface area contributed by atoms with Gasteiger partial charge in [-0.15, -0.1) is 0 Å². The number of fused-ring (bicyclic) bond motifs is 1. The highest BCUT2D eigenvalue weighted by atomic mass is 16.5. The topological polar surface area (TPSA) is 26.3 Å². The number of ether oxygens (including phenoxy) is 1. The predicted octanol–water partition coefficient (Wildman–Crippen LogP) is 2.52. The van der Waals surface area contributed by atoms with Gasteiger partial charge in [-0.1, -0.05) is 26.0 Å². The molecule has 0 aliphatic carbocycles. The SMILES string of the molecule is CC(C)c1ccc2c(c1)CCOC2=O. The average molecular weight is 190 g/mol. The number of hydrogen-bond donors (Lipinski definition) is 0. The summed E-state index contributed by atoms with van der Waals surface area (Å²) in [6.45, 7) is 4.83. The van der Waals surface area contributed by atoms with Gasteiger partial charge in [0.1, 0.15) is 0 Å². The molecule has 0 saturated carbocycles. The van der Waals surface area contributed by atoms with Crippen molar-refractivity contribution in [3.05, 3.63) is 34.9 Å². The molecule has 0 fully saturated rings. The van der Waals surface area contributed by atoms with E-state index in [1.165, 1.54) is 5.56 Å². The molecule has 0 bridgehead atoms. The zero-order valence-corrected chi connectivity index (χ0v) is 8.54. The molecule has 2 heteroatoms. The maximum atomic E-state index is 11.3. The lowest BCUT2D eigenvalue weighted by Crippen LogP contribution is -2.17. The van der Waals surface area contributed by atoms with Crippen LogP contribution in [0.15, 0.2) is 18.2 Å². The van der Waals surface area contributed by atoms with Crippen molar-refractivity contribution >= 4 is 5.97 Å². The van der Waals surface area contributed by atoms with Gasteiger partial charge in [0.25, 0.3) is 0 Å². The van der Waals surface area contributed by atoms with Crippen LogP contribution in [0.4, 0.5) is 0 Å². The van der Waals surface area contributed by atoms with Crippen LogP contribution >= 0.6 is 0 Å². The fourth-order valence-corrected chi connectivity index (χ4v) is 1.71. The molecule has 0 saturated heterocycles. The van der Waals surface area contributed by atoms with Crippen molar-refractivity contribution in [2.75, 3.05) is 6.61 Å². The number of hydrogen-bond acceptors (Lipinski definition) is 2. The van der Waals surface area contributed by atoms with Crippen molar-refractivity contribution in [1.29, 1.82) is 0 Å².